The van der Waals surface area contributed by atoms with Crippen LogP contribution in [0.5, 0.6) is 5.75 Å². The molecule has 1 heterocycles. The van der Waals surface area contributed by atoms with E-state index in [4.69, 9.17) is 4.74 Å². The van der Waals surface area contributed by atoms with Crippen LogP contribution in [-0.2, 0) is 22.4 Å². The fourth-order valence-electron chi connectivity index (χ4n) is 2.76. The number of aryl methyl sites for hydroxylation is 1. The number of thiophene rings is 1. The van der Waals surface area contributed by atoms with Crippen molar-refractivity contribution in [2.24, 2.45) is 0 Å². The van der Waals surface area contributed by atoms with Crippen LogP contribution in [0, 0.1) is 11.3 Å². The van der Waals surface area contributed by atoms with Crippen molar-refractivity contribution < 1.29 is 27.8 Å². The maximum absolute atomic E-state index is 12.1. The molecule has 3 rings (SSSR count). The molecule has 27 heavy (non-hydrogen) atoms. The Hall–Kier alpha value is -2.99. The molecule has 0 saturated heterocycles. The van der Waals surface area contributed by atoms with Gasteiger partial charge in [0, 0.05) is 4.88 Å². The van der Waals surface area contributed by atoms with Crippen LogP contribution in [0.1, 0.15) is 32.8 Å². The standard InChI is InChI=1S/C18H14F2N2O4S/c19-18(20)26-11-6-4-10(5-7-11)17(24)25-9-15(23)22-16-13(8-21)12-2-1-3-14(12)27-16/h4-7,18H,1-3,9H2,(H,22,23). The average molecular weight is 392 g/mol. The molecule has 1 amide bonds. The maximum Gasteiger partial charge on any atom is 0.387 e. The normalized spacial score (nSPS) is 12.4. The van der Waals surface area contributed by atoms with Gasteiger partial charge in [-0.05, 0) is 49.1 Å². The monoisotopic (exact) mass is 392 g/mol. The van der Waals surface area contributed by atoms with E-state index in [1.54, 1.807) is 0 Å². The number of esters is 1. The van der Waals surface area contributed by atoms with E-state index in [1.165, 1.54) is 35.6 Å². The first kappa shape index (κ1) is 18.8. The lowest BCUT2D eigenvalue weighted by Gasteiger charge is -2.07. The number of anilines is 1. The zero-order valence-corrected chi connectivity index (χ0v) is 14.8. The minimum atomic E-state index is -2.96. The summed E-state index contributed by atoms with van der Waals surface area (Å²) in [6.45, 7) is -3.48. The lowest BCUT2D eigenvalue weighted by Crippen LogP contribution is -2.21. The number of alkyl halides is 2. The van der Waals surface area contributed by atoms with Gasteiger partial charge in [-0.2, -0.15) is 14.0 Å². The van der Waals surface area contributed by atoms with Gasteiger partial charge < -0.3 is 14.8 Å². The third-order valence-corrected chi connectivity index (χ3v) is 5.14. The van der Waals surface area contributed by atoms with Gasteiger partial charge in [0.2, 0.25) is 0 Å². The number of hydrogen-bond donors (Lipinski definition) is 1. The summed E-state index contributed by atoms with van der Waals surface area (Å²) >= 11 is 1.37. The summed E-state index contributed by atoms with van der Waals surface area (Å²) in [6, 6.07) is 7.04. The Morgan fingerprint density at radius 3 is 2.67 bits per heavy atom. The molecule has 0 atom stereocenters. The summed E-state index contributed by atoms with van der Waals surface area (Å²) in [4.78, 5) is 25.1. The van der Waals surface area contributed by atoms with Crippen LogP contribution in [0.25, 0.3) is 0 Å². The van der Waals surface area contributed by atoms with Crippen molar-refractivity contribution in [3.63, 3.8) is 0 Å². The lowest BCUT2D eigenvalue weighted by molar-refractivity contribution is -0.119. The molecule has 0 fully saturated rings. The fraction of sp³-hybridized carbons (Fsp3) is 0.278. The van der Waals surface area contributed by atoms with Crippen molar-refractivity contribution in [2.45, 2.75) is 25.9 Å². The van der Waals surface area contributed by atoms with Crippen molar-refractivity contribution in [3.05, 3.63) is 45.8 Å². The number of nitrogens with zero attached hydrogens (tertiary/aromatic N) is 1. The molecule has 0 unspecified atom stereocenters. The van der Waals surface area contributed by atoms with E-state index >= 15 is 0 Å². The topological polar surface area (TPSA) is 88.4 Å². The first-order chi connectivity index (χ1) is 13.0. The number of fused-ring (bicyclic) bond motifs is 1. The van der Waals surface area contributed by atoms with Crippen LogP contribution >= 0.6 is 11.3 Å². The van der Waals surface area contributed by atoms with E-state index in [-0.39, 0.29) is 11.3 Å². The summed E-state index contributed by atoms with van der Waals surface area (Å²) in [5.74, 6) is -1.42. The highest BCUT2D eigenvalue weighted by atomic mass is 32.1. The Morgan fingerprint density at radius 2 is 2.00 bits per heavy atom. The molecule has 0 spiro atoms. The summed E-state index contributed by atoms with van der Waals surface area (Å²) in [7, 11) is 0. The van der Waals surface area contributed by atoms with Crippen molar-refractivity contribution in [1.82, 2.24) is 0 Å². The van der Waals surface area contributed by atoms with Crippen LogP contribution in [0.2, 0.25) is 0 Å². The van der Waals surface area contributed by atoms with Gasteiger partial charge in [0.1, 0.15) is 16.8 Å². The van der Waals surface area contributed by atoms with Crippen LogP contribution < -0.4 is 10.1 Å². The molecule has 1 N–H and O–H groups in total. The first-order valence-corrected chi connectivity index (χ1v) is 8.86. The number of ether oxygens (including phenoxy) is 2. The van der Waals surface area contributed by atoms with E-state index in [0.29, 0.717) is 10.6 Å². The quantitative estimate of drug-likeness (QED) is 0.760. The SMILES string of the molecule is N#Cc1c(NC(=O)COC(=O)c2ccc(OC(F)F)cc2)sc2c1CCC2. The zero-order valence-electron chi connectivity index (χ0n) is 14.0. The summed E-state index contributed by atoms with van der Waals surface area (Å²) < 4.78 is 33.3. The maximum atomic E-state index is 12.1. The fourth-order valence-corrected chi connectivity index (χ4v) is 4.02. The number of rotatable bonds is 6. The number of carbonyl (C=O) groups excluding carboxylic acids is 2. The number of nitriles is 1. The van der Waals surface area contributed by atoms with Crippen LogP contribution in [-0.4, -0.2) is 25.1 Å². The zero-order chi connectivity index (χ0) is 19.4. The molecular formula is C18H14F2N2O4S. The molecule has 1 aromatic heterocycles. The Bertz CT molecular complexity index is 903. The van der Waals surface area contributed by atoms with Gasteiger partial charge in [0.15, 0.2) is 6.61 Å². The number of benzene rings is 1. The van der Waals surface area contributed by atoms with Crippen molar-refractivity contribution >= 4 is 28.2 Å². The number of amides is 1. The minimum absolute atomic E-state index is 0.0888. The predicted molar refractivity (Wildman–Crippen MR) is 93.0 cm³/mol. The van der Waals surface area contributed by atoms with Gasteiger partial charge in [-0.3, -0.25) is 4.79 Å². The van der Waals surface area contributed by atoms with Gasteiger partial charge in [-0.1, -0.05) is 0 Å². The van der Waals surface area contributed by atoms with E-state index in [0.717, 1.165) is 29.7 Å². The molecule has 1 aliphatic rings. The smallest absolute Gasteiger partial charge is 0.387 e. The average Bonchev–Trinajstić information content (AvgIpc) is 3.20. The molecule has 140 valence electrons. The van der Waals surface area contributed by atoms with Crippen molar-refractivity contribution in [3.8, 4) is 11.8 Å². The largest absolute Gasteiger partial charge is 0.452 e. The molecule has 9 heteroatoms. The highest BCUT2D eigenvalue weighted by Crippen LogP contribution is 2.38. The summed E-state index contributed by atoms with van der Waals surface area (Å²) in [5.41, 5.74) is 1.56. The molecule has 2 aromatic rings. The first-order valence-electron chi connectivity index (χ1n) is 8.04. The molecule has 0 saturated carbocycles. The second-order valence-corrected chi connectivity index (χ2v) is 6.81. The van der Waals surface area contributed by atoms with E-state index < -0.39 is 25.1 Å². The highest BCUT2D eigenvalue weighted by Gasteiger charge is 2.23. The van der Waals surface area contributed by atoms with Gasteiger partial charge in [-0.25, -0.2) is 4.79 Å². The third-order valence-electron chi connectivity index (χ3n) is 3.94. The number of hydrogen-bond acceptors (Lipinski definition) is 6. The molecule has 1 aromatic carbocycles. The van der Waals surface area contributed by atoms with Gasteiger partial charge in [0.25, 0.3) is 5.91 Å². The molecule has 0 bridgehead atoms. The summed E-state index contributed by atoms with van der Waals surface area (Å²) in [5, 5.41) is 12.4. The number of halogens is 2. The van der Waals surface area contributed by atoms with E-state index in [1.807, 2.05) is 0 Å². The molecule has 1 aliphatic carbocycles. The number of nitrogens with one attached hydrogen (secondary N) is 1. The van der Waals surface area contributed by atoms with Crippen LogP contribution in [0.15, 0.2) is 24.3 Å². The van der Waals surface area contributed by atoms with Crippen LogP contribution in [0.3, 0.4) is 0 Å². The molecule has 6 nitrogen and oxygen atoms in total. The third kappa shape index (κ3) is 4.41. The highest BCUT2D eigenvalue weighted by molar-refractivity contribution is 7.16. The second kappa shape index (κ2) is 8.14. The molecule has 0 aliphatic heterocycles. The molecule has 0 radical (unpaired) electrons. The van der Waals surface area contributed by atoms with Gasteiger partial charge in [-0.15, -0.1) is 11.3 Å². The number of carbonyl (C=O) groups is 2. The Labute approximate surface area is 157 Å². The lowest BCUT2D eigenvalue weighted by atomic mass is 10.1. The van der Waals surface area contributed by atoms with E-state index in [2.05, 4.69) is 16.1 Å². The van der Waals surface area contributed by atoms with Crippen molar-refractivity contribution in [1.29, 1.82) is 5.26 Å². The Balaban J connectivity index is 1.55. The minimum Gasteiger partial charge on any atom is -0.452 e. The summed E-state index contributed by atoms with van der Waals surface area (Å²) in [6.07, 6.45) is 2.72. The van der Waals surface area contributed by atoms with Crippen molar-refractivity contribution in [2.75, 3.05) is 11.9 Å². The molecular weight excluding hydrogens is 378 g/mol. The second-order valence-electron chi connectivity index (χ2n) is 5.70. The van der Waals surface area contributed by atoms with Gasteiger partial charge >= 0.3 is 12.6 Å². The predicted octanol–water partition coefficient (Wildman–Crippen LogP) is 3.51. The van der Waals surface area contributed by atoms with Crippen LogP contribution in [0.4, 0.5) is 13.8 Å². The Kier molecular flexibility index (Phi) is 5.66. The Morgan fingerprint density at radius 1 is 1.26 bits per heavy atom. The van der Waals surface area contributed by atoms with E-state index in [9.17, 15) is 23.6 Å². The van der Waals surface area contributed by atoms with Gasteiger partial charge in [0.05, 0.1) is 11.1 Å².